The van der Waals surface area contributed by atoms with E-state index in [0.717, 1.165) is 11.1 Å². The summed E-state index contributed by atoms with van der Waals surface area (Å²) in [7, 11) is 0. The van der Waals surface area contributed by atoms with Crippen molar-refractivity contribution < 1.29 is 18.7 Å². The monoisotopic (exact) mass is 447 g/mol. The summed E-state index contributed by atoms with van der Waals surface area (Å²) in [6.07, 6.45) is 0. The van der Waals surface area contributed by atoms with Gasteiger partial charge in [-0.25, -0.2) is 4.39 Å². The van der Waals surface area contributed by atoms with Crippen LogP contribution in [0.1, 0.15) is 17.3 Å². The lowest BCUT2D eigenvalue weighted by atomic mass is 10.0. The van der Waals surface area contributed by atoms with E-state index in [4.69, 9.17) is 4.74 Å². The predicted molar refractivity (Wildman–Crippen MR) is 127 cm³/mol. The van der Waals surface area contributed by atoms with Crippen molar-refractivity contribution in [1.29, 1.82) is 0 Å². The molecule has 1 aliphatic heterocycles. The van der Waals surface area contributed by atoms with E-state index in [0.29, 0.717) is 37.6 Å². The molecule has 0 aromatic heterocycles. The summed E-state index contributed by atoms with van der Waals surface area (Å²) < 4.78 is 19.7. The number of benzene rings is 3. The number of nitrogens with one attached hydrogen (secondary N) is 2. The van der Waals surface area contributed by atoms with Crippen LogP contribution in [-0.2, 0) is 9.53 Å². The Balaban J connectivity index is 1.42. The van der Waals surface area contributed by atoms with Gasteiger partial charge in [-0.05, 0) is 48.4 Å². The van der Waals surface area contributed by atoms with Gasteiger partial charge in [0.2, 0.25) is 5.91 Å². The molecule has 4 rings (SSSR count). The van der Waals surface area contributed by atoms with Gasteiger partial charge in [0.15, 0.2) is 0 Å². The average Bonchev–Trinajstić information content (AvgIpc) is 2.86. The third kappa shape index (κ3) is 5.63. The summed E-state index contributed by atoms with van der Waals surface area (Å²) in [5.74, 6) is -1.20. The van der Waals surface area contributed by atoms with Crippen molar-refractivity contribution >= 4 is 23.2 Å². The highest BCUT2D eigenvalue weighted by atomic mass is 19.1. The number of halogens is 1. The molecule has 33 heavy (non-hydrogen) atoms. The smallest absolute Gasteiger partial charge is 0.255 e. The van der Waals surface area contributed by atoms with E-state index in [1.165, 1.54) is 18.2 Å². The molecule has 6 nitrogen and oxygen atoms in total. The first-order valence-corrected chi connectivity index (χ1v) is 10.9. The number of rotatable bonds is 6. The molecule has 0 radical (unpaired) electrons. The number of hydrogen-bond acceptors (Lipinski definition) is 4. The number of hydrogen-bond donors (Lipinski definition) is 2. The van der Waals surface area contributed by atoms with Crippen molar-refractivity contribution in [2.75, 3.05) is 36.9 Å². The fourth-order valence-electron chi connectivity index (χ4n) is 3.71. The molecule has 0 bridgehead atoms. The van der Waals surface area contributed by atoms with Gasteiger partial charge in [-0.1, -0.05) is 42.5 Å². The second-order valence-corrected chi connectivity index (χ2v) is 7.91. The van der Waals surface area contributed by atoms with E-state index >= 15 is 0 Å². The van der Waals surface area contributed by atoms with Crippen LogP contribution in [0.25, 0.3) is 11.1 Å². The second-order valence-electron chi connectivity index (χ2n) is 7.91. The first-order valence-electron chi connectivity index (χ1n) is 10.9. The predicted octanol–water partition coefficient (Wildman–Crippen LogP) is 4.40. The molecule has 1 atom stereocenters. The molecule has 1 saturated heterocycles. The number of nitrogens with zero attached hydrogens (tertiary/aromatic N) is 1. The zero-order chi connectivity index (χ0) is 23.2. The molecule has 170 valence electrons. The third-order valence-corrected chi connectivity index (χ3v) is 5.71. The topological polar surface area (TPSA) is 70.7 Å². The minimum Gasteiger partial charge on any atom is -0.379 e. The second kappa shape index (κ2) is 10.4. The maximum atomic E-state index is 14.3. The number of anilines is 2. The highest BCUT2D eigenvalue weighted by Gasteiger charge is 2.24. The third-order valence-electron chi connectivity index (χ3n) is 5.71. The van der Waals surface area contributed by atoms with E-state index in [9.17, 15) is 14.0 Å². The fraction of sp³-hybridized carbons (Fsp3) is 0.231. The van der Waals surface area contributed by atoms with Crippen molar-refractivity contribution in [1.82, 2.24) is 4.90 Å². The van der Waals surface area contributed by atoms with Crippen molar-refractivity contribution in [3.05, 3.63) is 84.2 Å². The first kappa shape index (κ1) is 22.6. The lowest BCUT2D eigenvalue weighted by Crippen LogP contribution is -2.47. The van der Waals surface area contributed by atoms with Crippen LogP contribution >= 0.6 is 0 Å². The highest BCUT2D eigenvalue weighted by Crippen LogP contribution is 2.23. The van der Waals surface area contributed by atoms with Gasteiger partial charge in [-0.2, -0.15) is 0 Å². The number of ether oxygens (including phenoxy) is 1. The van der Waals surface area contributed by atoms with E-state index < -0.39 is 11.9 Å². The Morgan fingerprint density at radius 1 is 0.909 bits per heavy atom. The van der Waals surface area contributed by atoms with E-state index in [1.54, 1.807) is 19.1 Å². The molecule has 1 heterocycles. The Kier molecular flexibility index (Phi) is 7.12. The summed E-state index contributed by atoms with van der Waals surface area (Å²) in [5, 5.41) is 5.41. The van der Waals surface area contributed by atoms with Gasteiger partial charge in [-0.15, -0.1) is 0 Å². The number of carbonyl (C=O) groups excluding carboxylic acids is 2. The lowest BCUT2D eigenvalue weighted by molar-refractivity contribution is -0.122. The van der Waals surface area contributed by atoms with Crippen LogP contribution in [0.3, 0.4) is 0 Å². The molecule has 0 saturated carbocycles. The van der Waals surface area contributed by atoms with Crippen molar-refractivity contribution in [3.63, 3.8) is 0 Å². The number of carbonyl (C=O) groups is 2. The van der Waals surface area contributed by atoms with Crippen molar-refractivity contribution in [2.24, 2.45) is 0 Å². The zero-order valence-corrected chi connectivity index (χ0v) is 18.4. The Bertz CT molecular complexity index is 1110. The Labute approximate surface area is 192 Å². The van der Waals surface area contributed by atoms with Crippen LogP contribution in [-0.4, -0.2) is 49.1 Å². The standard InChI is InChI=1S/C26H26FN3O3/c1-18(30-13-15-33-16-14-30)25(31)29-24-17-22(11-12-23(24)27)28-26(32)21-9-7-20(8-10-21)19-5-3-2-4-6-19/h2-12,17-18H,13-16H2,1H3,(H,28,32)(H,29,31). The quantitative estimate of drug-likeness (QED) is 0.588. The lowest BCUT2D eigenvalue weighted by Gasteiger charge is -2.31. The molecule has 3 aromatic carbocycles. The highest BCUT2D eigenvalue weighted by molar-refractivity contribution is 6.05. The van der Waals surface area contributed by atoms with Crippen molar-refractivity contribution in [2.45, 2.75) is 13.0 Å². The summed E-state index contributed by atoms with van der Waals surface area (Å²) in [6, 6.07) is 20.8. The van der Waals surface area contributed by atoms with Crippen molar-refractivity contribution in [3.8, 4) is 11.1 Å². The van der Waals surface area contributed by atoms with Gasteiger partial charge in [0.05, 0.1) is 24.9 Å². The minimum absolute atomic E-state index is 0.0253. The summed E-state index contributed by atoms with van der Waals surface area (Å²) in [5.41, 5.74) is 2.97. The van der Waals surface area contributed by atoms with Gasteiger partial charge in [0, 0.05) is 24.3 Å². The molecule has 7 heteroatoms. The summed E-state index contributed by atoms with van der Waals surface area (Å²) in [6.45, 7) is 4.22. The minimum atomic E-state index is -0.567. The maximum absolute atomic E-state index is 14.3. The van der Waals surface area contributed by atoms with Gasteiger partial charge in [0.1, 0.15) is 5.82 Å². The maximum Gasteiger partial charge on any atom is 0.255 e. The molecular formula is C26H26FN3O3. The van der Waals surface area contributed by atoms with E-state index in [2.05, 4.69) is 10.6 Å². The van der Waals surface area contributed by atoms with Gasteiger partial charge < -0.3 is 15.4 Å². The summed E-state index contributed by atoms with van der Waals surface area (Å²) in [4.78, 5) is 27.3. The van der Waals surface area contributed by atoms with Crippen LogP contribution in [0, 0.1) is 5.82 Å². The van der Waals surface area contributed by atoms with Gasteiger partial charge in [-0.3, -0.25) is 14.5 Å². The molecule has 2 amide bonds. The normalized spacial score (nSPS) is 15.0. The van der Waals surface area contributed by atoms with Gasteiger partial charge in [0.25, 0.3) is 5.91 Å². The van der Waals surface area contributed by atoms with Crippen LogP contribution in [0.4, 0.5) is 15.8 Å². The summed E-state index contributed by atoms with van der Waals surface area (Å²) >= 11 is 0. The molecule has 2 N–H and O–H groups in total. The first-order chi connectivity index (χ1) is 16.0. The zero-order valence-electron chi connectivity index (χ0n) is 18.4. The molecule has 1 fully saturated rings. The largest absolute Gasteiger partial charge is 0.379 e. The Morgan fingerprint density at radius 2 is 1.58 bits per heavy atom. The number of amides is 2. The van der Waals surface area contributed by atoms with Crippen LogP contribution < -0.4 is 10.6 Å². The molecular weight excluding hydrogens is 421 g/mol. The van der Waals surface area contributed by atoms with E-state index in [1.807, 2.05) is 47.4 Å². The van der Waals surface area contributed by atoms with Crippen LogP contribution in [0.2, 0.25) is 0 Å². The number of morpholine rings is 1. The molecule has 0 aliphatic carbocycles. The fourth-order valence-corrected chi connectivity index (χ4v) is 3.71. The Morgan fingerprint density at radius 3 is 2.27 bits per heavy atom. The molecule has 0 spiro atoms. The SMILES string of the molecule is CC(C(=O)Nc1cc(NC(=O)c2ccc(-c3ccccc3)cc2)ccc1F)N1CCOCC1. The van der Waals surface area contributed by atoms with Crippen LogP contribution in [0.15, 0.2) is 72.8 Å². The molecule has 1 unspecified atom stereocenters. The van der Waals surface area contributed by atoms with E-state index in [-0.39, 0.29) is 17.5 Å². The van der Waals surface area contributed by atoms with Crippen LogP contribution in [0.5, 0.6) is 0 Å². The molecule has 3 aromatic rings. The van der Waals surface area contributed by atoms with Gasteiger partial charge >= 0.3 is 0 Å². The Hall–Kier alpha value is -3.55. The average molecular weight is 448 g/mol. The molecule has 1 aliphatic rings.